The third-order valence-electron chi connectivity index (χ3n) is 2.09. The van der Waals surface area contributed by atoms with Gasteiger partial charge in [-0.25, -0.2) is 0 Å². The quantitative estimate of drug-likeness (QED) is 0.554. The van der Waals surface area contributed by atoms with E-state index in [0.717, 1.165) is 6.42 Å². The summed E-state index contributed by atoms with van der Waals surface area (Å²) in [5.74, 6) is 0. The number of nitrogens with two attached hydrogens (primary N) is 1. The molecular formula is C9H17N. The van der Waals surface area contributed by atoms with E-state index in [1.165, 1.54) is 25.7 Å². The van der Waals surface area contributed by atoms with Crippen molar-refractivity contribution in [2.45, 2.75) is 45.1 Å². The third-order valence-corrected chi connectivity index (χ3v) is 2.09. The van der Waals surface area contributed by atoms with Crippen LogP contribution >= 0.6 is 0 Å². The van der Waals surface area contributed by atoms with Gasteiger partial charge in [0.25, 0.3) is 0 Å². The van der Waals surface area contributed by atoms with Gasteiger partial charge in [0.2, 0.25) is 0 Å². The predicted octanol–water partition coefficient (Wildman–Crippen LogP) is 2.22. The van der Waals surface area contributed by atoms with Crippen LogP contribution in [0.4, 0.5) is 0 Å². The van der Waals surface area contributed by atoms with E-state index in [-0.39, 0.29) is 0 Å². The normalized spacial score (nSPS) is 31.0. The molecule has 1 nitrogen and oxygen atoms in total. The average Bonchev–Trinajstić information content (AvgIpc) is 1.88. The second kappa shape index (κ2) is 3.77. The van der Waals surface area contributed by atoms with E-state index in [9.17, 15) is 0 Å². The Bertz CT molecular complexity index is 127. The summed E-state index contributed by atoms with van der Waals surface area (Å²) in [5.41, 5.74) is 7.40. The summed E-state index contributed by atoms with van der Waals surface area (Å²) in [5, 5.41) is 0. The highest BCUT2D eigenvalue weighted by Gasteiger charge is 2.11. The monoisotopic (exact) mass is 139 g/mol. The van der Waals surface area contributed by atoms with Crippen LogP contribution in [0.1, 0.15) is 39.0 Å². The van der Waals surface area contributed by atoms with Gasteiger partial charge in [-0.2, -0.15) is 0 Å². The van der Waals surface area contributed by atoms with Crippen LogP contribution in [-0.4, -0.2) is 6.04 Å². The standard InChI is InChI=1S/C9H17N/c1-2-4-8-5-3-6-9(10)7-8/h4,9H,2-3,5-7,10H2,1H3/b8-4-/t9-/m1/s1. The van der Waals surface area contributed by atoms with Crippen molar-refractivity contribution in [1.82, 2.24) is 0 Å². The van der Waals surface area contributed by atoms with E-state index < -0.39 is 0 Å². The van der Waals surface area contributed by atoms with Crippen molar-refractivity contribution in [3.8, 4) is 0 Å². The summed E-state index contributed by atoms with van der Waals surface area (Å²) in [4.78, 5) is 0. The molecule has 1 rings (SSSR count). The Morgan fingerprint density at radius 2 is 2.50 bits per heavy atom. The maximum Gasteiger partial charge on any atom is 0.00761 e. The highest BCUT2D eigenvalue weighted by molar-refractivity contribution is 5.06. The molecule has 0 aromatic heterocycles. The molecule has 1 saturated carbocycles. The summed E-state index contributed by atoms with van der Waals surface area (Å²) < 4.78 is 0. The third kappa shape index (κ3) is 2.14. The topological polar surface area (TPSA) is 26.0 Å². The van der Waals surface area contributed by atoms with Gasteiger partial charge in [-0.15, -0.1) is 0 Å². The van der Waals surface area contributed by atoms with Gasteiger partial charge in [0.1, 0.15) is 0 Å². The van der Waals surface area contributed by atoms with Crippen LogP contribution < -0.4 is 5.73 Å². The van der Waals surface area contributed by atoms with Crippen LogP contribution in [-0.2, 0) is 0 Å². The van der Waals surface area contributed by atoms with Crippen molar-refractivity contribution in [2.24, 2.45) is 5.73 Å². The van der Waals surface area contributed by atoms with Crippen molar-refractivity contribution in [2.75, 3.05) is 0 Å². The fourth-order valence-electron chi connectivity index (χ4n) is 1.61. The molecule has 0 aromatic carbocycles. The molecule has 0 heterocycles. The lowest BCUT2D eigenvalue weighted by Crippen LogP contribution is -2.23. The molecule has 0 amide bonds. The van der Waals surface area contributed by atoms with Gasteiger partial charge in [-0.1, -0.05) is 18.6 Å². The number of rotatable bonds is 1. The van der Waals surface area contributed by atoms with Gasteiger partial charge in [0.05, 0.1) is 0 Å². The summed E-state index contributed by atoms with van der Waals surface area (Å²) in [6, 6.07) is 0.451. The van der Waals surface area contributed by atoms with E-state index in [1.807, 2.05) is 0 Å². The SMILES string of the molecule is CC/C=C1/CCC[C@@H](N)C1. The van der Waals surface area contributed by atoms with Crippen molar-refractivity contribution < 1.29 is 0 Å². The fraction of sp³-hybridized carbons (Fsp3) is 0.778. The number of hydrogen-bond acceptors (Lipinski definition) is 1. The second-order valence-electron chi connectivity index (χ2n) is 3.13. The minimum Gasteiger partial charge on any atom is -0.327 e. The van der Waals surface area contributed by atoms with Gasteiger partial charge < -0.3 is 5.73 Å². The second-order valence-corrected chi connectivity index (χ2v) is 3.13. The van der Waals surface area contributed by atoms with E-state index >= 15 is 0 Å². The van der Waals surface area contributed by atoms with Gasteiger partial charge in [-0.3, -0.25) is 0 Å². The molecule has 1 fully saturated rings. The molecule has 1 heteroatoms. The van der Waals surface area contributed by atoms with Crippen LogP contribution in [0.25, 0.3) is 0 Å². The van der Waals surface area contributed by atoms with Crippen molar-refractivity contribution >= 4 is 0 Å². The Morgan fingerprint density at radius 1 is 1.70 bits per heavy atom. The Hall–Kier alpha value is -0.300. The van der Waals surface area contributed by atoms with E-state index in [0.29, 0.717) is 6.04 Å². The molecule has 1 atom stereocenters. The highest BCUT2D eigenvalue weighted by Crippen LogP contribution is 2.22. The molecule has 0 spiro atoms. The molecule has 2 N–H and O–H groups in total. The minimum atomic E-state index is 0.451. The fourth-order valence-corrected chi connectivity index (χ4v) is 1.61. The Labute approximate surface area is 63.3 Å². The zero-order valence-corrected chi connectivity index (χ0v) is 6.77. The number of allylic oxidation sites excluding steroid dienone is 1. The molecule has 10 heavy (non-hydrogen) atoms. The average molecular weight is 139 g/mol. The first kappa shape index (κ1) is 7.80. The van der Waals surface area contributed by atoms with E-state index in [1.54, 1.807) is 5.57 Å². The lowest BCUT2D eigenvalue weighted by molar-refractivity contribution is 0.516. The molecule has 58 valence electrons. The molecule has 0 aromatic rings. The van der Waals surface area contributed by atoms with Crippen molar-refractivity contribution in [3.05, 3.63) is 11.6 Å². The van der Waals surface area contributed by atoms with Crippen LogP contribution in [0.2, 0.25) is 0 Å². The van der Waals surface area contributed by atoms with Crippen LogP contribution in [0.3, 0.4) is 0 Å². The van der Waals surface area contributed by atoms with Crippen LogP contribution in [0.5, 0.6) is 0 Å². The number of hydrogen-bond donors (Lipinski definition) is 1. The zero-order chi connectivity index (χ0) is 7.40. The van der Waals surface area contributed by atoms with Crippen LogP contribution in [0.15, 0.2) is 11.6 Å². The van der Waals surface area contributed by atoms with Gasteiger partial charge in [-0.05, 0) is 32.1 Å². The predicted molar refractivity (Wildman–Crippen MR) is 44.8 cm³/mol. The maximum absolute atomic E-state index is 5.81. The summed E-state index contributed by atoms with van der Waals surface area (Å²) >= 11 is 0. The molecule has 0 bridgehead atoms. The molecule has 0 aliphatic heterocycles. The zero-order valence-electron chi connectivity index (χ0n) is 6.77. The van der Waals surface area contributed by atoms with Gasteiger partial charge in [0.15, 0.2) is 0 Å². The summed E-state index contributed by atoms with van der Waals surface area (Å²) in [6.45, 7) is 2.19. The maximum atomic E-state index is 5.81. The highest BCUT2D eigenvalue weighted by atomic mass is 14.6. The molecule has 0 saturated heterocycles. The van der Waals surface area contributed by atoms with Crippen molar-refractivity contribution in [3.63, 3.8) is 0 Å². The first-order chi connectivity index (χ1) is 4.83. The van der Waals surface area contributed by atoms with Gasteiger partial charge in [0, 0.05) is 6.04 Å². The molecule has 0 radical (unpaired) electrons. The Balaban J connectivity index is 2.39. The Morgan fingerprint density at radius 3 is 3.10 bits per heavy atom. The molecule has 1 aliphatic rings. The summed E-state index contributed by atoms with van der Waals surface area (Å²) in [6.07, 6.45) is 8.46. The molecular weight excluding hydrogens is 122 g/mol. The first-order valence-electron chi connectivity index (χ1n) is 4.26. The minimum absolute atomic E-state index is 0.451. The smallest absolute Gasteiger partial charge is 0.00761 e. The molecule has 1 aliphatic carbocycles. The van der Waals surface area contributed by atoms with Crippen molar-refractivity contribution in [1.29, 1.82) is 0 Å². The first-order valence-corrected chi connectivity index (χ1v) is 4.26. The van der Waals surface area contributed by atoms with Gasteiger partial charge >= 0.3 is 0 Å². The largest absolute Gasteiger partial charge is 0.327 e. The summed E-state index contributed by atoms with van der Waals surface area (Å²) in [7, 11) is 0. The van der Waals surface area contributed by atoms with Crippen LogP contribution in [0, 0.1) is 0 Å². The van der Waals surface area contributed by atoms with E-state index in [2.05, 4.69) is 13.0 Å². The molecule has 0 unspecified atom stereocenters. The Kier molecular flexibility index (Phi) is 2.94. The lowest BCUT2D eigenvalue weighted by atomic mass is 9.91. The van der Waals surface area contributed by atoms with E-state index in [4.69, 9.17) is 5.73 Å². The lowest BCUT2D eigenvalue weighted by Gasteiger charge is -2.20.